The minimum absolute atomic E-state index is 0.0170. The molecule has 1 atom stereocenters. The number of aromatic nitrogens is 1. The van der Waals surface area contributed by atoms with Crippen LogP contribution in [0.1, 0.15) is 29.7 Å². The van der Waals surface area contributed by atoms with E-state index in [2.05, 4.69) is 22.0 Å². The van der Waals surface area contributed by atoms with E-state index in [1.807, 2.05) is 6.92 Å². The first-order valence-electron chi connectivity index (χ1n) is 8.62. The van der Waals surface area contributed by atoms with E-state index in [0.29, 0.717) is 39.5 Å². The quantitative estimate of drug-likeness (QED) is 0.775. The van der Waals surface area contributed by atoms with Gasteiger partial charge in [-0.1, -0.05) is 0 Å². The van der Waals surface area contributed by atoms with E-state index in [1.54, 1.807) is 32.2 Å². The number of ether oxygens (including phenoxy) is 3. The van der Waals surface area contributed by atoms with Gasteiger partial charge in [0.25, 0.3) is 5.56 Å². The molecule has 0 aliphatic carbocycles. The highest BCUT2D eigenvalue weighted by Crippen LogP contribution is 2.45. The lowest BCUT2D eigenvalue weighted by Gasteiger charge is -2.27. The smallest absolute Gasteiger partial charge is 0.258 e. The lowest BCUT2D eigenvalue weighted by atomic mass is 9.84. The van der Waals surface area contributed by atoms with Gasteiger partial charge in [-0.2, -0.15) is 5.26 Å². The Hall–Kier alpha value is -2.92. The molecule has 28 heavy (non-hydrogen) atoms. The highest BCUT2D eigenvalue weighted by atomic mass is 79.9. The van der Waals surface area contributed by atoms with E-state index < -0.39 is 5.92 Å². The summed E-state index contributed by atoms with van der Waals surface area (Å²) in [5.41, 5.74) is 7.69. The van der Waals surface area contributed by atoms with Gasteiger partial charge in [0.05, 0.1) is 29.7 Å². The molecule has 0 amide bonds. The van der Waals surface area contributed by atoms with E-state index in [9.17, 15) is 10.1 Å². The molecule has 0 bridgehead atoms. The first-order valence-corrected chi connectivity index (χ1v) is 9.41. The summed E-state index contributed by atoms with van der Waals surface area (Å²) < 4.78 is 18.9. The zero-order valence-corrected chi connectivity index (χ0v) is 17.6. The Kier molecular flexibility index (Phi) is 5.38. The van der Waals surface area contributed by atoms with Gasteiger partial charge in [-0.15, -0.1) is 0 Å². The van der Waals surface area contributed by atoms with Crippen molar-refractivity contribution < 1.29 is 14.2 Å². The van der Waals surface area contributed by atoms with Crippen molar-refractivity contribution in [2.45, 2.75) is 19.8 Å². The van der Waals surface area contributed by atoms with Gasteiger partial charge >= 0.3 is 0 Å². The number of allylic oxidation sites excluding steroid dienone is 1. The van der Waals surface area contributed by atoms with Crippen molar-refractivity contribution in [1.82, 2.24) is 4.57 Å². The van der Waals surface area contributed by atoms with Crippen LogP contribution in [-0.2, 0) is 7.05 Å². The number of hydrogen-bond donors (Lipinski definition) is 1. The number of fused-ring (bicyclic) bond motifs is 1. The Morgan fingerprint density at radius 2 is 2.11 bits per heavy atom. The van der Waals surface area contributed by atoms with Gasteiger partial charge in [0.2, 0.25) is 5.88 Å². The fourth-order valence-electron chi connectivity index (χ4n) is 3.26. The van der Waals surface area contributed by atoms with E-state index in [0.717, 1.165) is 5.69 Å². The maximum atomic E-state index is 13.0. The molecular formula is C20H20BrN3O4. The molecule has 1 aromatic carbocycles. The summed E-state index contributed by atoms with van der Waals surface area (Å²) in [6.07, 6.45) is 0. The predicted molar refractivity (Wildman–Crippen MR) is 108 cm³/mol. The van der Waals surface area contributed by atoms with Crippen LogP contribution in [0.25, 0.3) is 0 Å². The molecule has 2 aromatic rings. The summed E-state index contributed by atoms with van der Waals surface area (Å²) in [6.45, 7) is 4.14. The van der Waals surface area contributed by atoms with Crippen molar-refractivity contribution in [3.8, 4) is 23.3 Å². The lowest BCUT2D eigenvalue weighted by Crippen LogP contribution is -2.31. The van der Waals surface area contributed by atoms with Crippen molar-refractivity contribution in [3.05, 3.63) is 61.3 Å². The molecule has 0 spiro atoms. The van der Waals surface area contributed by atoms with Crippen molar-refractivity contribution in [1.29, 1.82) is 5.26 Å². The average Bonchev–Trinajstić information content (AvgIpc) is 2.66. The monoisotopic (exact) mass is 445 g/mol. The molecule has 3 rings (SSSR count). The van der Waals surface area contributed by atoms with Crippen molar-refractivity contribution in [2.75, 3.05) is 13.7 Å². The van der Waals surface area contributed by atoms with Crippen LogP contribution < -0.4 is 25.5 Å². The molecule has 0 fully saturated rings. The van der Waals surface area contributed by atoms with E-state index >= 15 is 0 Å². The maximum Gasteiger partial charge on any atom is 0.258 e. The molecule has 1 aliphatic rings. The Morgan fingerprint density at radius 1 is 1.39 bits per heavy atom. The summed E-state index contributed by atoms with van der Waals surface area (Å²) >= 11 is 3.50. The number of nitriles is 1. The first-order chi connectivity index (χ1) is 13.3. The normalized spacial score (nSPS) is 15.5. The number of benzene rings is 1. The second-order valence-corrected chi connectivity index (χ2v) is 7.17. The second-order valence-electron chi connectivity index (χ2n) is 6.32. The van der Waals surface area contributed by atoms with Crippen LogP contribution in [0.5, 0.6) is 17.2 Å². The molecular weight excluding hydrogens is 426 g/mol. The van der Waals surface area contributed by atoms with Gasteiger partial charge in [-0.3, -0.25) is 4.79 Å². The Labute approximate surface area is 171 Å². The van der Waals surface area contributed by atoms with Crippen LogP contribution in [-0.4, -0.2) is 18.3 Å². The molecule has 7 nitrogen and oxygen atoms in total. The SMILES string of the molecule is CCOc1c(Br)cc([C@H]2C(C#N)=C(N)Oc3cc(C)n(C)c(=O)c32)cc1OC. The highest BCUT2D eigenvalue weighted by molar-refractivity contribution is 9.10. The summed E-state index contributed by atoms with van der Waals surface area (Å²) in [4.78, 5) is 13.0. The summed E-state index contributed by atoms with van der Waals surface area (Å²) in [5.74, 6) is 0.684. The molecule has 2 N–H and O–H groups in total. The Morgan fingerprint density at radius 3 is 2.71 bits per heavy atom. The van der Waals surface area contributed by atoms with Crippen LogP contribution in [0.15, 0.2) is 38.9 Å². The van der Waals surface area contributed by atoms with Crippen molar-refractivity contribution >= 4 is 15.9 Å². The molecule has 1 aliphatic heterocycles. The molecule has 1 aromatic heterocycles. The molecule has 0 saturated heterocycles. The van der Waals surface area contributed by atoms with Gasteiger partial charge in [-0.25, -0.2) is 0 Å². The molecule has 0 unspecified atom stereocenters. The zero-order valence-electron chi connectivity index (χ0n) is 16.0. The maximum absolute atomic E-state index is 13.0. The second kappa shape index (κ2) is 7.60. The van der Waals surface area contributed by atoms with Crippen LogP contribution in [0.4, 0.5) is 0 Å². The predicted octanol–water partition coefficient (Wildman–Crippen LogP) is 3.08. The largest absolute Gasteiger partial charge is 0.493 e. The number of methoxy groups -OCH3 is 1. The van der Waals surface area contributed by atoms with Crippen LogP contribution in [0.3, 0.4) is 0 Å². The van der Waals surface area contributed by atoms with E-state index in [-0.39, 0.29) is 17.0 Å². The average molecular weight is 446 g/mol. The number of rotatable bonds is 4. The topological polar surface area (TPSA) is 99.5 Å². The third-order valence-corrected chi connectivity index (χ3v) is 5.32. The summed E-state index contributed by atoms with van der Waals surface area (Å²) in [6, 6.07) is 7.39. The molecule has 8 heteroatoms. The van der Waals surface area contributed by atoms with E-state index in [4.69, 9.17) is 19.9 Å². The van der Waals surface area contributed by atoms with Crippen molar-refractivity contribution in [2.24, 2.45) is 12.8 Å². The Bertz CT molecular complexity index is 1080. The van der Waals surface area contributed by atoms with Gasteiger partial charge in [0.1, 0.15) is 17.4 Å². The van der Waals surface area contributed by atoms with Gasteiger partial charge in [-0.05, 0) is 47.5 Å². The van der Waals surface area contributed by atoms with E-state index in [1.165, 1.54) is 11.7 Å². The first kappa shape index (κ1) is 19.8. The fraction of sp³-hybridized carbons (Fsp3) is 0.300. The number of aryl methyl sites for hydroxylation is 1. The minimum atomic E-state index is -0.686. The number of pyridine rings is 1. The molecule has 146 valence electrons. The molecule has 0 saturated carbocycles. The highest BCUT2D eigenvalue weighted by Gasteiger charge is 2.35. The number of hydrogen-bond acceptors (Lipinski definition) is 6. The zero-order chi connectivity index (χ0) is 20.6. The molecule has 2 heterocycles. The van der Waals surface area contributed by atoms with Gasteiger partial charge in [0.15, 0.2) is 11.5 Å². The standard InChI is InChI=1S/C20H20BrN3O4/c1-5-27-18-13(21)7-11(8-15(18)26-4)16-12(9-22)19(23)28-14-6-10(2)24(3)20(25)17(14)16/h6-8,16H,5,23H2,1-4H3/t16-/m0/s1. The minimum Gasteiger partial charge on any atom is -0.493 e. The van der Waals surface area contributed by atoms with Crippen LogP contribution in [0.2, 0.25) is 0 Å². The van der Waals surface area contributed by atoms with Crippen LogP contribution in [0, 0.1) is 18.3 Å². The fourth-order valence-corrected chi connectivity index (χ4v) is 3.84. The van der Waals surface area contributed by atoms with Crippen molar-refractivity contribution in [3.63, 3.8) is 0 Å². The molecule has 0 radical (unpaired) electrons. The Balaban J connectivity index is 2.33. The third-order valence-electron chi connectivity index (χ3n) is 4.73. The number of halogens is 1. The third kappa shape index (κ3) is 3.12. The summed E-state index contributed by atoms with van der Waals surface area (Å²) in [7, 11) is 3.21. The number of nitrogens with two attached hydrogens (primary N) is 1. The number of nitrogens with zero attached hydrogens (tertiary/aromatic N) is 2. The summed E-state index contributed by atoms with van der Waals surface area (Å²) in [5, 5.41) is 9.72. The van der Waals surface area contributed by atoms with Gasteiger partial charge in [0, 0.05) is 18.8 Å². The lowest BCUT2D eigenvalue weighted by molar-refractivity contribution is 0.308. The van der Waals surface area contributed by atoms with Crippen LogP contribution >= 0.6 is 15.9 Å². The van der Waals surface area contributed by atoms with Gasteiger partial charge < -0.3 is 24.5 Å².